The van der Waals surface area contributed by atoms with Crippen molar-refractivity contribution in [2.45, 2.75) is 38.1 Å². The monoisotopic (exact) mass is 408 g/mol. The number of hydrogen-bond acceptors (Lipinski definition) is 2. The van der Waals surface area contributed by atoms with Crippen LogP contribution in [0.2, 0.25) is 0 Å². The fourth-order valence-electron chi connectivity index (χ4n) is 6.53. The van der Waals surface area contributed by atoms with Crippen LogP contribution in [0.25, 0.3) is 0 Å². The van der Waals surface area contributed by atoms with E-state index in [-0.39, 0.29) is 5.91 Å². The van der Waals surface area contributed by atoms with Gasteiger partial charge in [-0.25, -0.2) is 0 Å². The van der Waals surface area contributed by atoms with Crippen molar-refractivity contribution < 1.29 is 4.79 Å². The lowest BCUT2D eigenvalue weighted by Gasteiger charge is -2.43. The number of hydrogen-bond donors (Lipinski definition) is 2. The number of aryl methyl sites for hydroxylation is 1. The second-order valence-electron chi connectivity index (χ2n) is 9.54. The van der Waals surface area contributed by atoms with Gasteiger partial charge in [0.25, 0.3) is 5.91 Å². The van der Waals surface area contributed by atoms with E-state index >= 15 is 0 Å². The zero-order valence-corrected chi connectivity index (χ0v) is 17.8. The summed E-state index contributed by atoms with van der Waals surface area (Å²) in [5, 5.41) is 6.97. The van der Waals surface area contributed by atoms with E-state index in [0.29, 0.717) is 17.9 Å². The zero-order chi connectivity index (χ0) is 20.9. The molecule has 5 atom stereocenters. The molecule has 1 amide bonds. The topological polar surface area (TPSA) is 41.1 Å². The molecule has 1 heterocycles. The van der Waals surface area contributed by atoms with Gasteiger partial charge in [-0.05, 0) is 90.8 Å². The predicted octanol–water partition coefficient (Wildman–Crippen LogP) is 6.54. The van der Waals surface area contributed by atoms with E-state index in [2.05, 4.69) is 53.1 Å². The van der Waals surface area contributed by atoms with E-state index in [0.717, 1.165) is 28.7 Å². The molecular formula is C28H28N2O. The molecule has 2 saturated carbocycles. The van der Waals surface area contributed by atoms with Gasteiger partial charge in [-0.2, -0.15) is 0 Å². The highest BCUT2D eigenvalue weighted by atomic mass is 16.1. The van der Waals surface area contributed by atoms with Crippen molar-refractivity contribution in [3.8, 4) is 0 Å². The van der Waals surface area contributed by atoms with E-state index in [1.165, 1.54) is 36.1 Å². The standard InChI is InChI=1S/C28H28N2O/c1-17-7-5-6-10-23(17)30-28(31)21-13-14-24-22(16-21)25-19-11-12-20(15-19)26(25)27(29-24)18-8-3-2-4-9-18/h2-10,13-14,16,19-20,25-27,29H,11-12,15H2,1H3,(H,30,31)/t19-,20-,25+,26+,27+/m1/s1. The lowest BCUT2D eigenvalue weighted by Crippen LogP contribution is -2.35. The van der Waals surface area contributed by atoms with Crippen LogP contribution in [-0.4, -0.2) is 5.91 Å². The molecule has 3 heteroatoms. The fourth-order valence-corrected chi connectivity index (χ4v) is 6.53. The molecular weight excluding hydrogens is 380 g/mol. The van der Waals surface area contributed by atoms with Crippen molar-refractivity contribution in [3.63, 3.8) is 0 Å². The summed E-state index contributed by atoms with van der Waals surface area (Å²) in [6.45, 7) is 2.02. The van der Waals surface area contributed by atoms with Crippen LogP contribution in [0, 0.1) is 24.7 Å². The minimum absolute atomic E-state index is 0.0259. The highest BCUT2D eigenvalue weighted by Gasteiger charge is 2.53. The first-order valence-electron chi connectivity index (χ1n) is 11.5. The van der Waals surface area contributed by atoms with Crippen LogP contribution in [-0.2, 0) is 0 Å². The average molecular weight is 409 g/mol. The third-order valence-corrected chi connectivity index (χ3v) is 7.90. The molecule has 0 unspecified atom stereocenters. The van der Waals surface area contributed by atoms with E-state index in [1.807, 2.05) is 37.3 Å². The van der Waals surface area contributed by atoms with Crippen LogP contribution in [0.5, 0.6) is 0 Å². The Morgan fingerprint density at radius 3 is 2.55 bits per heavy atom. The van der Waals surface area contributed by atoms with Gasteiger partial charge < -0.3 is 10.6 Å². The highest BCUT2D eigenvalue weighted by Crippen LogP contribution is 2.63. The molecule has 3 aromatic carbocycles. The Bertz CT molecular complexity index is 1140. The van der Waals surface area contributed by atoms with E-state index in [9.17, 15) is 4.79 Å². The first-order valence-corrected chi connectivity index (χ1v) is 11.5. The SMILES string of the molecule is Cc1ccccc1NC(=O)c1ccc2c(c1)[C@@H]1[C@@H]3CC[C@H](C3)[C@@H]1[C@H](c1ccccc1)N2. The van der Waals surface area contributed by atoms with Gasteiger partial charge in [-0.15, -0.1) is 0 Å². The lowest BCUT2D eigenvalue weighted by atomic mass is 9.68. The van der Waals surface area contributed by atoms with Gasteiger partial charge in [0.15, 0.2) is 0 Å². The summed E-state index contributed by atoms with van der Waals surface area (Å²) in [7, 11) is 0. The Kier molecular flexibility index (Phi) is 4.38. The first kappa shape index (κ1) is 18.7. The van der Waals surface area contributed by atoms with Crippen LogP contribution in [0.1, 0.15) is 58.3 Å². The normalized spacial score (nSPS) is 27.8. The smallest absolute Gasteiger partial charge is 0.255 e. The molecule has 3 aliphatic rings. The summed E-state index contributed by atoms with van der Waals surface area (Å²) >= 11 is 0. The van der Waals surface area contributed by atoms with Crippen molar-refractivity contribution in [2.24, 2.45) is 17.8 Å². The minimum atomic E-state index is -0.0259. The molecule has 0 saturated heterocycles. The Morgan fingerprint density at radius 1 is 0.935 bits per heavy atom. The van der Waals surface area contributed by atoms with Crippen molar-refractivity contribution in [3.05, 3.63) is 95.1 Å². The number of amides is 1. The minimum Gasteiger partial charge on any atom is -0.378 e. The maximum Gasteiger partial charge on any atom is 0.255 e. The van der Waals surface area contributed by atoms with Crippen molar-refractivity contribution in [1.82, 2.24) is 0 Å². The number of fused-ring (bicyclic) bond motifs is 7. The lowest BCUT2D eigenvalue weighted by molar-refractivity contribution is 0.102. The van der Waals surface area contributed by atoms with Gasteiger partial charge in [-0.3, -0.25) is 4.79 Å². The Hall–Kier alpha value is -3.07. The summed E-state index contributed by atoms with van der Waals surface area (Å²) in [5.41, 5.74) is 6.65. The first-order chi connectivity index (χ1) is 15.2. The van der Waals surface area contributed by atoms with Crippen molar-refractivity contribution in [1.29, 1.82) is 0 Å². The number of rotatable bonds is 3. The molecule has 3 nitrogen and oxygen atoms in total. The Labute approximate surface area is 183 Å². The highest BCUT2D eigenvalue weighted by molar-refractivity contribution is 6.05. The molecule has 0 aromatic heterocycles. The molecule has 2 bridgehead atoms. The van der Waals surface area contributed by atoms with Crippen LogP contribution >= 0.6 is 0 Å². The number of carbonyl (C=O) groups excluding carboxylic acids is 1. The molecule has 6 rings (SSSR count). The van der Waals surface area contributed by atoms with Crippen LogP contribution in [0.4, 0.5) is 11.4 Å². The van der Waals surface area contributed by atoms with Gasteiger partial charge in [-0.1, -0.05) is 48.5 Å². The number of anilines is 2. The second kappa shape index (κ2) is 7.26. The molecule has 2 N–H and O–H groups in total. The molecule has 31 heavy (non-hydrogen) atoms. The van der Waals surface area contributed by atoms with Gasteiger partial charge >= 0.3 is 0 Å². The quantitative estimate of drug-likeness (QED) is 0.516. The third-order valence-electron chi connectivity index (χ3n) is 7.90. The van der Waals surface area contributed by atoms with Crippen LogP contribution in [0.15, 0.2) is 72.8 Å². The maximum atomic E-state index is 13.1. The second-order valence-corrected chi connectivity index (χ2v) is 9.54. The molecule has 156 valence electrons. The van der Waals surface area contributed by atoms with E-state index in [4.69, 9.17) is 0 Å². The molecule has 2 aliphatic carbocycles. The van der Waals surface area contributed by atoms with Crippen LogP contribution < -0.4 is 10.6 Å². The van der Waals surface area contributed by atoms with E-state index < -0.39 is 0 Å². The summed E-state index contributed by atoms with van der Waals surface area (Å²) < 4.78 is 0. The zero-order valence-electron chi connectivity index (χ0n) is 17.8. The predicted molar refractivity (Wildman–Crippen MR) is 125 cm³/mol. The number of carbonyl (C=O) groups is 1. The largest absolute Gasteiger partial charge is 0.378 e. The number of para-hydroxylation sites is 1. The van der Waals surface area contributed by atoms with E-state index in [1.54, 1.807) is 0 Å². The Balaban J connectivity index is 1.36. The average Bonchev–Trinajstić information content (AvgIpc) is 3.43. The van der Waals surface area contributed by atoms with Gasteiger partial charge in [0.2, 0.25) is 0 Å². The molecule has 0 spiro atoms. The summed E-state index contributed by atoms with van der Waals surface area (Å²) in [4.78, 5) is 13.1. The molecule has 3 aromatic rings. The summed E-state index contributed by atoms with van der Waals surface area (Å²) in [5.74, 6) is 2.67. The fraction of sp³-hybridized carbons (Fsp3) is 0.321. The molecule has 1 aliphatic heterocycles. The number of nitrogens with one attached hydrogen (secondary N) is 2. The van der Waals surface area contributed by atoms with Gasteiger partial charge in [0.05, 0.1) is 6.04 Å². The van der Waals surface area contributed by atoms with Gasteiger partial charge in [0, 0.05) is 16.9 Å². The third kappa shape index (κ3) is 3.06. The van der Waals surface area contributed by atoms with Crippen molar-refractivity contribution in [2.75, 3.05) is 10.6 Å². The Morgan fingerprint density at radius 2 is 1.71 bits per heavy atom. The van der Waals surface area contributed by atoms with Crippen molar-refractivity contribution >= 4 is 17.3 Å². The van der Waals surface area contributed by atoms with Gasteiger partial charge in [0.1, 0.15) is 0 Å². The van der Waals surface area contributed by atoms with Crippen LogP contribution in [0.3, 0.4) is 0 Å². The molecule has 0 radical (unpaired) electrons. The molecule has 2 fully saturated rings. The summed E-state index contributed by atoms with van der Waals surface area (Å²) in [6, 6.07) is 25.5. The number of benzene rings is 3. The maximum absolute atomic E-state index is 13.1. The summed E-state index contributed by atoms with van der Waals surface area (Å²) in [6.07, 6.45) is 4.01.